The van der Waals surface area contributed by atoms with Gasteiger partial charge in [0.05, 0.1) is 29.4 Å². The first-order valence-electron chi connectivity index (χ1n) is 22.8. The van der Waals surface area contributed by atoms with Crippen LogP contribution in [0, 0.1) is 5.92 Å². The molecule has 0 aliphatic heterocycles. The van der Waals surface area contributed by atoms with E-state index in [1.54, 1.807) is 66.0 Å². The average molecular weight is 927 g/mol. The zero-order valence-corrected chi connectivity index (χ0v) is 43.7. The molecule has 8 aromatic rings. The van der Waals surface area contributed by atoms with E-state index in [2.05, 4.69) is 189 Å². The highest BCUT2D eigenvalue weighted by molar-refractivity contribution is 7.09. The van der Waals surface area contributed by atoms with Crippen LogP contribution in [-0.2, 0) is 0 Å². The van der Waals surface area contributed by atoms with Gasteiger partial charge in [0.25, 0.3) is 0 Å². The molecule has 0 unspecified atom stereocenters. The summed E-state index contributed by atoms with van der Waals surface area (Å²) < 4.78 is 3.72. The van der Waals surface area contributed by atoms with Crippen LogP contribution in [0.2, 0.25) is 0 Å². The van der Waals surface area contributed by atoms with E-state index in [0.717, 1.165) is 11.6 Å². The highest BCUT2D eigenvalue weighted by Gasteiger charge is 2.00. The van der Waals surface area contributed by atoms with Gasteiger partial charge in [0, 0.05) is 84.3 Å². The summed E-state index contributed by atoms with van der Waals surface area (Å²) in [7, 11) is 0. The summed E-state index contributed by atoms with van der Waals surface area (Å²) in [5.41, 5.74) is 4.69. The van der Waals surface area contributed by atoms with Crippen molar-refractivity contribution in [1.82, 2.24) is 80.3 Å². The third-order valence-corrected chi connectivity index (χ3v) is 9.10. The number of aromatic nitrogens is 16. The summed E-state index contributed by atoms with van der Waals surface area (Å²) in [5, 5.41) is 34.6. The lowest BCUT2D eigenvalue weighted by Crippen LogP contribution is -1.99. The van der Waals surface area contributed by atoms with Gasteiger partial charge >= 0.3 is 0 Å². The van der Waals surface area contributed by atoms with Crippen LogP contribution in [-0.4, -0.2) is 80.3 Å². The topological polar surface area (TPSA) is 202 Å². The van der Waals surface area contributed by atoms with E-state index in [0.29, 0.717) is 41.7 Å². The summed E-state index contributed by atoms with van der Waals surface area (Å²) in [6.45, 7) is 36.1. The molecule has 0 aliphatic carbocycles. The molecule has 16 nitrogen and oxygen atoms in total. The Kier molecular flexibility index (Phi) is 33.7. The Bertz CT molecular complexity index is 1650. The lowest BCUT2D eigenvalue weighted by Gasteiger charge is -2.01. The maximum absolute atomic E-state index is 4.13. The molecule has 4 N–H and O–H groups in total. The maximum atomic E-state index is 4.13. The molecule has 364 valence electrons. The van der Waals surface area contributed by atoms with Crippen LogP contribution >= 0.6 is 11.3 Å². The Morgan fingerprint density at radius 2 is 1.23 bits per heavy atom. The fourth-order valence-electron chi connectivity index (χ4n) is 4.14. The normalized spacial score (nSPS) is 10.1. The van der Waals surface area contributed by atoms with E-state index in [1.807, 2.05) is 71.4 Å². The second kappa shape index (κ2) is 37.2. The van der Waals surface area contributed by atoms with E-state index >= 15 is 0 Å². The molecule has 17 heteroatoms. The van der Waals surface area contributed by atoms with E-state index in [4.69, 9.17) is 0 Å². The molecule has 0 aliphatic rings. The van der Waals surface area contributed by atoms with Crippen molar-refractivity contribution in [3.8, 4) is 0 Å². The summed E-state index contributed by atoms with van der Waals surface area (Å²) in [6.07, 6.45) is 23.2. The van der Waals surface area contributed by atoms with Crippen LogP contribution in [0.25, 0.3) is 0 Å². The van der Waals surface area contributed by atoms with Crippen LogP contribution in [0.15, 0.2) is 117 Å². The minimum absolute atomic E-state index is 0.428. The van der Waals surface area contributed by atoms with Gasteiger partial charge in [0.15, 0.2) is 0 Å². The first kappa shape index (κ1) is 59.9. The standard InChI is InChI=1S/4C6H10N2.C6H9NS.2C5H9N3.C5H5N.C4H10/c1-5(2)6-3-7-4-8-6;1-5(2)6-3-7-8-4-6;1-6(2)8-5-3-4-7-8;1-5(2)6-3-4-7-8-6;1-5(2)6-7-3-4-8-6;1-5(2)8-4-6-3-7-8;1-4(2)5-3-6-8-7-5;1-2-4-6-5-3-1;1-4(2)3/h2*3-5H,1-2H3,(H,7,8);3-6H,1-2H3;3-5H,1-2H3,(H,7,8);2*3-5H,1-2H3;3-4H,1-2H3,(H,6,7,8);1-5H;4H,1-3H3. The van der Waals surface area contributed by atoms with Crippen molar-refractivity contribution in [3.63, 3.8) is 0 Å². The third-order valence-electron chi connectivity index (χ3n) is 8.03. The second-order valence-corrected chi connectivity index (χ2v) is 18.3. The van der Waals surface area contributed by atoms with Gasteiger partial charge in [-0.25, -0.2) is 15.0 Å². The molecule has 8 aromatic heterocycles. The van der Waals surface area contributed by atoms with Gasteiger partial charge in [-0.3, -0.25) is 24.5 Å². The smallest absolute Gasteiger partial charge is 0.137 e. The molecule has 0 atom stereocenters. The Balaban J connectivity index is 0.000000724. The molecule has 0 fully saturated rings. The molecule has 0 radical (unpaired) electrons. The largest absolute Gasteiger partial charge is 0.348 e. The first-order valence-corrected chi connectivity index (χ1v) is 23.6. The highest BCUT2D eigenvalue weighted by Crippen LogP contribution is 2.15. The number of pyridine rings is 1. The number of H-pyrrole nitrogens is 4. The van der Waals surface area contributed by atoms with Gasteiger partial charge in [-0.15, -0.1) is 11.3 Å². The minimum Gasteiger partial charge on any atom is -0.348 e. The molecule has 8 heterocycles. The zero-order valence-electron chi connectivity index (χ0n) is 42.9. The van der Waals surface area contributed by atoms with Gasteiger partial charge in [-0.05, 0) is 87.1 Å². The monoisotopic (exact) mass is 927 g/mol. The SMILES string of the molecule is CC(C)C.CC(C)c1ccn[nH]1.CC(C)c1cn[nH]c1.CC(C)c1cn[nH]n1.CC(C)c1cnc[nH]1.CC(C)c1nccs1.CC(C)n1cccn1.CC(C)n1cncn1.c1ccncc1. The number of thiazole rings is 1. The summed E-state index contributed by atoms with van der Waals surface area (Å²) in [6, 6.07) is 10.6. The van der Waals surface area contributed by atoms with E-state index in [9.17, 15) is 0 Å². The second-order valence-electron chi connectivity index (χ2n) is 17.4. The number of hydrogen-bond donors (Lipinski definition) is 4. The fourth-order valence-corrected chi connectivity index (χ4v) is 4.79. The Hall–Kier alpha value is -6.10. The molecular weight excluding hydrogens is 845 g/mol. The number of hydrogen-bond acceptors (Lipinski definition) is 11. The molecule has 0 saturated carbocycles. The van der Waals surface area contributed by atoms with Gasteiger partial charge in [0.1, 0.15) is 12.7 Å². The van der Waals surface area contributed by atoms with Crippen molar-refractivity contribution < 1.29 is 0 Å². The quantitative estimate of drug-likeness (QED) is 0.119. The molecule has 0 bridgehead atoms. The number of nitrogens with one attached hydrogen (secondary N) is 4. The highest BCUT2D eigenvalue weighted by atomic mass is 32.1. The van der Waals surface area contributed by atoms with Crippen molar-refractivity contribution in [2.24, 2.45) is 5.92 Å². The molecular formula is C49H82N16S. The van der Waals surface area contributed by atoms with Crippen molar-refractivity contribution in [2.45, 2.75) is 159 Å². The number of imidazole rings is 1. The number of aromatic amines is 4. The van der Waals surface area contributed by atoms with Gasteiger partial charge in [0.2, 0.25) is 0 Å². The molecule has 0 saturated heterocycles. The molecule has 0 spiro atoms. The van der Waals surface area contributed by atoms with Crippen LogP contribution in [0.3, 0.4) is 0 Å². The van der Waals surface area contributed by atoms with E-state index in [-0.39, 0.29) is 0 Å². The van der Waals surface area contributed by atoms with Crippen molar-refractivity contribution in [2.75, 3.05) is 0 Å². The summed E-state index contributed by atoms with van der Waals surface area (Å²) >= 11 is 1.72. The van der Waals surface area contributed by atoms with Crippen LogP contribution in [0.5, 0.6) is 0 Å². The van der Waals surface area contributed by atoms with Crippen molar-refractivity contribution >= 4 is 11.3 Å². The Morgan fingerprint density at radius 1 is 0.561 bits per heavy atom. The van der Waals surface area contributed by atoms with Crippen molar-refractivity contribution in [1.29, 1.82) is 0 Å². The van der Waals surface area contributed by atoms with Crippen LogP contribution in [0.1, 0.15) is 187 Å². The molecule has 66 heavy (non-hydrogen) atoms. The van der Waals surface area contributed by atoms with E-state index in [1.165, 1.54) is 22.0 Å². The molecule has 0 amide bonds. The van der Waals surface area contributed by atoms with Gasteiger partial charge in [-0.2, -0.15) is 35.8 Å². The molecule has 8 rings (SSSR count). The van der Waals surface area contributed by atoms with Crippen molar-refractivity contribution in [3.05, 3.63) is 144 Å². The summed E-state index contributed by atoms with van der Waals surface area (Å²) in [5.74, 6) is 3.63. The van der Waals surface area contributed by atoms with Gasteiger partial charge in [-0.1, -0.05) is 96.1 Å². The molecule has 0 aromatic carbocycles. The van der Waals surface area contributed by atoms with Gasteiger partial charge < -0.3 is 4.98 Å². The number of nitrogens with zero attached hydrogens (tertiary/aromatic N) is 12. The number of rotatable bonds is 7. The lowest BCUT2D eigenvalue weighted by molar-refractivity contribution is 0.531. The fraction of sp³-hybridized carbons (Fsp3) is 0.510. The van der Waals surface area contributed by atoms with E-state index < -0.39 is 0 Å². The average Bonchev–Trinajstić information content (AvgIpc) is 4.16. The predicted octanol–water partition coefficient (Wildman–Crippen LogP) is 12.9. The Labute approximate surface area is 399 Å². The first-order chi connectivity index (χ1) is 31.4. The van der Waals surface area contributed by atoms with Crippen LogP contribution < -0.4 is 0 Å². The lowest BCUT2D eigenvalue weighted by atomic mass is 10.1. The Morgan fingerprint density at radius 3 is 1.45 bits per heavy atom. The predicted molar refractivity (Wildman–Crippen MR) is 272 cm³/mol. The minimum atomic E-state index is 0.428. The maximum Gasteiger partial charge on any atom is 0.137 e. The third kappa shape index (κ3) is 31.7. The van der Waals surface area contributed by atoms with Crippen LogP contribution in [0.4, 0.5) is 0 Å². The summed E-state index contributed by atoms with van der Waals surface area (Å²) in [4.78, 5) is 18.6. The zero-order chi connectivity index (χ0) is 49.7.